The van der Waals surface area contributed by atoms with Crippen LogP contribution in [0.15, 0.2) is 28.8 Å². The van der Waals surface area contributed by atoms with Crippen molar-refractivity contribution in [3.8, 4) is 11.4 Å². The van der Waals surface area contributed by atoms with Crippen LogP contribution in [0.4, 0.5) is 0 Å². The normalized spacial score (nSPS) is 16.3. The first-order chi connectivity index (χ1) is 11.5. The number of hydrogen-bond acceptors (Lipinski definition) is 5. The molecule has 2 heterocycles. The fraction of sp³-hybridized carbons (Fsp3) is 0.500. The van der Waals surface area contributed by atoms with Crippen LogP contribution in [0.25, 0.3) is 11.4 Å². The molecule has 3 rings (SSSR count). The van der Waals surface area contributed by atoms with E-state index in [2.05, 4.69) is 22.0 Å². The minimum Gasteiger partial charge on any atom is -0.349 e. The Morgan fingerprint density at radius 3 is 2.54 bits per heavy atom. The van der Waals surface area contributed by atoms with Crippen molar-refractivity contribution in [1.29, 1.82) is 0 Å². The monoisotopic (exact) mass is 328 g/mol. The number of amides is 1. The molecule has 1 aromatic heterocycles. The summed E-state index contributed by atoms with van der Waals surface area (Å²) >= 11 is 0. The van der Waals surface area contributed by atoms with Crippen molar-refractivity contribution in [2.24, 2.45) is 5.92 Å². The topological polar surface area (TPSA) is 62.5 Å². The molecule has 1 fully saturated rings. The van der Waals surface area contributed by atoms with Gasteiger partial charge in [0.1, 0.15) is 0 Å². The van der Waals surface area contributed by atoms with Crippen molar-refractivity contribution in [2.45, 2.75) is 26.3 Å². The van der Waals surface area contributed by atoms with Crippen molar-refractivity contribution in [2.75, 3.05) is 27.2 Å². The molecule has 24 heavy (non-hydrogen) atoms. The van der Waals surface area contributed by atoms with Crippen molar-refractivity contribution in [3.63, 3.8) is 0 Å². The number of hydrogen-bond donors (Lipinski definition) is 0. The SMILES string of the molecule is Cc1ccc(-c2noc(CN3CCC(C(=O)N(C)C)CC3)n2)cc1. The predicted molar refractivity (Wildman–Crippen MR) is 91.2 cm³/mol. The van der Waals surface area contributed by atoms with Crippen LogP contribution in [0.1, 0.15) is 24.3 Å². The third kappa shape index (κ3) is 3.82. The minimum atomic E-state index is 0.141. The number of nitrogens with zero attached hydrogens (tertiary/aromatic N) is 4. The van der Waals surface area contributed by atoms with Crippen molar-refractivity contribution in [1.82, 2.24) is 19.9 Å². The van der Waals surface area contributed by atoms with Crippen LogP contribution in [0.3, 0.4) is 0 Å². The fourth-order valence-electron chi connectivity index (χ4n) is 3.03. The molecule has 0 bridgehead atoms. The van der Waals surface area contributed by atoms with Gasteiger partial charge >= 0.3 is 0 Å². The van der Waals surface area contributed by atoms with E-state index in [0.717, 1.165) is 31.5 Å². The van der Waals surface area contributed by atoms with Gasteiger partial charge in [0.25, 0.3) is 0 Å². The van der Waals surface area contributed by atoms with Crippen LogP contribution in [0, 0.1) is 12.8 Å². The van der Waals surface area contributed by atoms with Gasteiger partial charge in [0.2, 0.25) is 17.6 Å². The van der Waals surface area contributed by atoms with Gasteiger partial charge in [0, 0.05) is 25.6 Å². The molecule has 0 spiro atoms. The molecular formula is C18H24N4O2. The average molecular weight is 328 g/mol. The molecule has 2 aromatic rings. The zero-order valence-corrected chi connectivity index (χ0v) is 14.5. The summed E-state index contributed by atoms with van der Waals surface area (Å²) in [7, 11) is 3.64. The number of rotatable bonds is 4. The largest absolute Gasteiger partial charge is 0.349 e. The van der Waals surface area contributed by atoms with Gasteiger partial charge in [-0.2, -0.15) is 4.98 Å². The van der Waals surface area contributed by atoms with Gasteiger partial charge in [0.05, 0.1) is 6.54 Å². The van der Waals surface area contributed by atoms with Gasteiger partial charge in [0.15, 0.2) is 0 Å². The second kappa shape index (κ2) is 7.13. The molecule has 1 aromatic carbocycles. The Kier molecular flexibility index (Phi) is 4.94. The Hall–Kier alpha value is -2.21. The summed E-state index contributed by atoms with van der Waals surface area (Å²) in [6.45, 7) is 4.46. The lowest BCUT2D eigenvalue weighted by Gasteiger charge is -2.31. The van der Waals surface area contributed by atoms with E-state index in [1.54, 1.807) is 4.90 Å². The molecule has 0 saturated carbocycles. The average Bonchev–Trinajstić information content (AvgIpc) is 3.04. The van der Waals surface area contributed by atoms with Crippen molar-refractivity contribution >= 4 is 5.91 Å². The smallest absolute Gasteiger partial charge is 0.241 e. The van der Waals surface area contributed by atoms with E-state index in [4.69, 9.17) is 4.52 Å². The lowest BCUT2D eigenvalue weighted by atomic mass is 9.95. The molecule has 0 radical (unpaired) electrons. The molecule has 128 valence electrons. The number of carbonyl (C=O) groups excluding carboxylic acids is 1. The zero-order chi connectivity index (χ0) is 17.1. The van der Waals surface area contributed by atoms with Crippen molar-refractivity contribution in [3.05, 3.63) is 35.7 Å². The highest BCUT2D eigenvalue weighted by atomic mass is 16.5. The predicted octanol–water partition coefficient (Wildman–Crippen LogP) is 2.35. The van der Waals surface area contributed by atoms with Crippen molar-refractivity contribution < 1.29 is 9.32 Å². The van der Waals surface area contributed by atoms with E-state index in [1.807, 2.05) is 38.4 Å². The van der Waals surface area contributed by atoms with Gasteiger partial charge in [-0.25, -0.2) is 0 Å². The second-order valence-electron chi connectivity index (χ2n) is 6.66. The van der Waals surface area contributed by atoms with E-state index in [-0.39, 0.29) is 11.8 Å². The number of carbonyl (C=O) groups is 1. The number of piperidine rings is 1. The molecular weight excluding hydrogens is 304 g/mol. The summed E-state index contributed by atoms with van der Waals surface area (Å²) in [6.07, 6.45) is 1.77. The Labute approximate surface area is 142 Å². The molecule has 1 aliphatic rings. The first-order valence-electron chi connectivity index (χ1n) is 8.36. The van der Waals surface area contributed by atoms with E-state index in [1.165, 1.54) is 5.56 Å². The molecule has 6 heteroatoms. The number of aromatic nitrogens is 2. The molecule has 6 nitrogen and oxygen atoms in total. The first-order valence-corrected chi connectivity index (χ1v) is 8.36. The summed E-state index contributed by atoms with van der Waals surface area (Å²) in [4.78, 5) is 20.5. The Morgan fingerprint density at radius 2 is 1.92 bits per heavy atom. The maximum absolute atomic E-state index is 12.0. The van der Waals surface area contributed by atoms with Gasteiger partial charge in [-0.05, 0) is 32.9 Å². The minimum absolute atomic E-state index is 0.141. The Bertz CT molecular complexity index is 685. The summed E-state index contributed by atoms with van der Waals surface area (Å²) in [6, 6.07) is 8.08. The number of likely N-dealkylation sites (tertiary alicyclic amines) is 1. The van der Waals surface area contributed by atoms with Crippen LogP contribution in [-0.4, -0.2) is 53.0 Å². The van der Waals surface area contributed by atoms with Crippen LogP contribution in [0.5, 0.6) is 0 Å². The lowest BCUT2D eigenvalue weighted by Crippen LogP contribution is -2.39. The highest BCUT2D eigenvalue weighted by Gasteiger charge is 2.26. The Morgan fingerprint density at radius 1 is 1.25 bits per heavy atom. The van der Waals surface area contributed by atoms with E-state index in [0.29, 0.717) is 18.3 Å². The van der Waals surface area contributed by atoms with Gasteiger partial charge in [-0.1, -0.05) is 35.0 Å². The summed E-state index contributed by atoms with van der Waals surface area (Å²) in [5.41, 5.74) is 2.17. The Balaban J connectivity index is 1.56. The van der Waals surface area contributed by atoms with E-state index >= 15 is 0 Å². The second-order valence-corrected chi connectivity index (χ2v) is 6.66. The lowest BCUT2D eigenvalue weighted by molar-refractivity contribution is -0.134. The van der Waals surface area contributed by atoms with Crippen LogP contribution in [-0.2, 0) is 11.3 Å². The van der Waals surface area contributed by atoms with Gasteiger partial charge < -0.3 is 9.42 Å². The van der Waals surface area contributed by atoms with Crippen LogP contribution in [0.2, 0.25) is 0 Å². The molecule has 1 aliphatic heterocycles. The van der Waals surface area contributed by atoms with Crippen LogP contribution < -0.4 is 0 Å². The van der Waals surface area contributed by atoms with Crippen LogP contribution >= 0.6 is 0 Å². The molecule has 0 aliphatic carbocycles. The highest BCUT2D eigenvalue weighted by Crippen LogP contribution is 2.21. The van der Waals surface area contributed by atoms with Gasteiger partial charge in [-0.15, -0.1) is 0 Å². The fourth-order valence-corrected chi connectivity index (χ4v) is 3.03. The maximum atomic E-state index is 12.0. The standard InChI is InChI=1S/C18H24N4O2/c1-13-4-6-14(7-5-13)17-19-16(24-20-17)12-22-10-8-15(9-11-22)18(23)21(2)3/h4-7,15H,8-12H2,1-3H3. The quantitative estimate of drug-likeness (QED) is 0.862. The summed E-state index contributed by atoms with van der Waals surface area (Å²) < 4.78 is 5.39. The molecule has 0 N–H and O–H groups in total. The zero-order valence-electron chi connectivity index (χ0n) is 14.5. The maximum Gasteiger partial charge on any atom is 0.241 e. The molecule has 0 unspecified atom stereocenters. The molecule has 1 amide bonds. The van der Waals surface area contributed by atoms with E-state index in [9.17, 15) is 4.79 Å². The third-order valence-corrected chi connectivity index (χ3v) is 4.51. The third-order valence-electron chi connectivity index (χ3n) is 4.51. The summed E-state index contributed by atoms with van der Waals surface area (Å²) in [5.74, 6) is 1.63. The number of aryl methyl sites for hydroxylation is 1. The summed E-state index contributed by atoms with van der Waals surface area (Å²) in [5, 5.41) is 4.07. The number of benzene rings is 1. The highest BCUT2D eigenvalue weighted by molar-refractivity contribution is 5.78. The first kappa shape index (κ1) is 16.6. The molecule has 0 atom stereocenters. The van der Waals surface area contributed by atoms with Gasteiger partial charge in [-0.3, -0.25) is 9.69 Å². The molecule has 1 saturated heterocycles. The van der Waals surface area contributed by atoms with E-state index < -0.39 is 0 Å².